The van der Waals surface area contributed by atoms with Crippen molar-refractivity contribution < 1.29 is 4.74 Å². The lowest BCUT2D eigenvalue weighted by Gasteiger charge is -2.16. The normalized spacial score (nSPS) is 18.2. The van der Waals surface area contributed by atoms with Crippen LogP contribution in [0.25, 0.3) is 0 Å². The average Bonchev–Trinajstić information content (AvgIpc) is 3.20. The predicted octanol–water partition coefficient (Wildman–Crippen LogP) is 4.21. The number of thioether (sulfide) groups is 1. The molecule has 1 aromatic heterocycles. The Morgan fingerprint density at radius 1 is 1.32 bits per heavy atom. The first kappa shape index (κ1) is 18.0. The van der Waals surface area contributed by atoms with Gasteiger partial charge in [0.15, 0.2) is 5.16 Å². The second-order valence-corrected chi connectivity index (χ2v) is 7.91. The molecule has 0 bridgehead atoms. The summed E-state index contributed by atoms with van der Waals surface area (Å²) < 4.78 is 8.02. The van der Waals surface area contributed by atoms with Crippen LogP contribution < -0.4 is 0 Å². The smallest absolute Gasteiger partial charge is 0.169 e. The van der Waals surface area contributed by atoms with E-state index in [1.54, 1.807) is 11.8 Å². The largest absolute Gasteiger partial charge is 0.376 e. The van der Waals surface area contributed by atoms with Gasteiger partial charge in [0, 0.05) is 12.3 Å². The Morgan fingerprint density at radius 2 is 2.08 bits per heavy atom. The highest BCUT2D eigenvalue weighted by atomic mass is 32.2. The van der Waals surface area contributed by atoms with Gasteiger partial charge in [0.2, 0.25) is 0 Å². The average molecular weight is 356 g/mol. The second kappa shape index (κ2) is 8.07. The van der Waals surface area contributed by atoms with Crippen molar-refractivity contribution in [3.63, 3.8) is 0 Å². The molecule has 3 rings (SSSR count). The van der Waals surface area contributed by atoms with E-state index in [0.717, 1.165) is 43.3 Å². The van der Waals surface area contributed by atoms with Crippen molar-refractivity contribution in [1.82, 2.24) is 9.55 Å². The Hall–Kier alpha value is -1.77. The maximum absolute atomic E-state index is 9.62. The monoisotopic (exact) mass is 355 g/mol. The summed E-state index contributed by atoms with van der Waals surface area (Å²) in [5.74, 6) is 0. The van der Waals surface area contributed by atoms with Gasteiger partial charge in [0.1, 0.15) is 5.25 Å². The molecule has 5 heteroatoms. The molecule has 1 aliphatic rings. The molecule has 0 N–H and O–H groups in total. The summed E-state index contributed by atoms with van der Waals surface area (Å²) in [7, 11) is 0. The molecule has 1 saturated heterocycles. The molecule has 2 aromatic rings. The number of rotatable bonds is 6. The van der Waals surface area contributed by atoms with Crippen molar-refractivity contribution in [3.05, 3.63) is 46.8 Å². The van der Waals surface area contributed by atoms with E-state index in [4.69, 9.17) is 9.72 Å². The fraction of sp³-hybridized carbons (Fsp3) is 0.500. The highest BCUT2D eigenvalue weighted by Crippen LogP contribution is 2.28. The number of aryl methyl sites for hydroxylation is 2. The van der Waals surface area contributed by atoms with Crippen molar-refractivity contribution in [2.45, 2.75) is 63.1 Å². The van der Waals surface area contributed by atoms with Gasteiger partial charge in [-0.15, -0.1) is 0 Å². The van der Waals surface area contributed by atoms with E-state index in [1.807, 2.05) is 6.92 Å². The summed E-state index contributed by atoms with van der Waals surface area (Å²) in [5, 5.41) is 10.4. The second-order valence-electron chi connectivity index (χ2n) is 6.74. The van der Waals surface area contributed by atoms with Gasteiger partial charge in [-0.25, -0.2) is 4.98 Å². The Bertz CT molecular complexity index is 754. The molecule has 2 heterocycles. The number of nitrogens with zero attached hydrogens (tertiary/aromatic N) is 3. The Kier molecular flexibility index (Phi) is 5.82. The number of hydrogen-bond acceptors (Lipinski definition) is 4. The van der Waals surface area contributed by atoms with Gasteiger partial charge in [-0.1, -0.05) is 41.6 Å². The zero-order valence-corrected chi connectivity index (χ0v) is 16.0. The Morgan fingerprint density at radius 3 is 2.72 bits per heavy atom. The molecule has 2 unspecified atom stereocenters. The zero-order valence-electron chi connectivity index (χ0n) is 15.2. The Labute approximate surface area is 154 Å². The molecular formula is C20H25N3OS. The van der Waals surface area contributed by atoms with Gasteiger partial charge < -0.3 is 9.30 Å². The minimum Gasteiger partial charge on any atom is -0.376 e. The number of nitriles is 1. The van der Waals surface area contributed by atoms with Crippen LogP contribution in [0.5, 0.6) is 0 Å². The van der Waals surface area contributed by atoms with Crippen molar-refractivity contribution in [2.75, 3.05) is 6.61 Å². The summed E-state index contributed by atoms with van der Waals surface area (Å²) in [4.78, 5) is 4.71. The molecule has 1 aliphatic heterocycles. The van der Waals surface area contributed by atoms with E-state index in [9.17, 15) is 5.26 Å². The van der Waals surface area contributed by atoms with Gasteiger partial charge in [0.25, 0.3) is 0 Å². The fourth-order valence-electron chi connectivity index (χ4n) is 3.10. The molecule has 2 atom stereocenters. The maximum Gasteiger partial charge on any atom is 0.169 e. The summed E-state index contributed by atoms with van der Waals surface area (Å²) in [6.07, 6.45) is 3.23. The first-order valence-electron chi connectivity index (χ1n) is 8.84. The molecule has 0 spiro atoms. The molecule has 0 saturated carbocycles. The highest BCUT2D eigenvalue weighted by molar-refractivity contribution is 8.00. The van der Waals surface area contributed by atoms with Crippen LogP contribution >= 0.6 is 11.8 Å². The first-order valence-corrected chi connectivity index (χ1v) is 9.72. The summed E-state index contributed by atoms with van der Waals surface area (Å²) in [5.41, 5.74) is 4.64. The van der Waals surface area contributed by atoms with Gasteiger partial charge >= 0.3 is 0 Å². The zero-order chi connectivity index (χ0) is 17.8. The van der Waals surface area contributed by atoms with Crippen molar-refractivity contribution in [3.8, 4) is 6.07 Å². The van der Waals surface area contributed by atoms with Crippen molar-refractivity contribution in [1.29, 1.82) is 5.26 Å². The SMILES string of the molecule is Cc1ccc(CC(C#N)Sc2nc(C)c(C)n2CC2CCCO2)cc1. The van der Waals surface area contributed by atoms with E-state index in [-0.39, 0.29) is 11.4 Å². The van der Waals surface area contributed by atoms with E-state index in [0.29, 0.717) is 0 Å². The minimum atomic E-state index is -0.146. The maximum atomic E-state index is 9.62. The Balaban J connectivity index is 1.74. The lowest BCUT2D eigenvalue weighted by molar-refractivity contribution is 0.0944. The van der Waals surface area contributed by atoms with Gasteiger partial charge in [-0.3, -0.25) is 0 Å². The molecular weight excluding hydrogens is 330 g/mol. The minimum absolute atomic E-state index is 0.146. The molecule has 4 nitrogen and oxygen atoms in total. The molecule has 25 heavy (non-hydrogen) atoms. The number of hydrogen-bond donors (Lipinski definition) is 0. The summed E-state index contributed by atoms with van der Waals surface area (Å²) in [6.45, 7) is 7.90. The molecule has 1 fully saturated rings. The van der Waals surface area contributed by atoms with Crippen LogP contribution in [0.2, 0.25) is 0 Å². The van der Waals surface area contributed by atoms with Crippen LogP contribution in [-0.4, -0.2) is 27.5 Å². The van der Waals surface area contributed by atoms with Gasteiger partial charge in [0.05, 0.1) is 24.4 Å². The third-order valence-electron chi connectivity index (χ3n) is 4.77. The van der Waals surface area contributed by atoms with Gasteiger partial charge in [-0.05, 0) is 45.6 Å². The summed E-state index contributed by atoms with van der Waals surface area (Å²) in [6, 6.07) is 10.9. The van der Waals surface area contributed by atoms with Crippen LogP contribution in [0.3, 0.4) is 0 Å². The van der Waals surface area contributed by atoms with Crippen LogP contribution in [-0.2, 0) is 17.7 Å². The molecule has 132 valence electrons. The number of ether oxygens (including phenoxy) is 1. The van der Waals surface area contributed by atoms with Crippen LogP contribution in [0, 0.1) is 32.1 Å². The number of aromatic nitrogens is 2. The topological polar surface area (TPSA) is 50.8 Å². The first-order chi connectivity index (χ1) is 12.1. The number of imidazole rings is 1. The quantitative estimate of drug-likeness (QED) is 0.728. The number of benzene rings is 1. The standard InChI is InChI=1S/C20H25N3OS/c1-14-6-8-17(9-7-14)11-19(12-21)25-20-22-15(2)16(3)23(20)13-18-5-4-10-24-18/h6-9,18-19H,4-5,10-11,13H2,1-3H3. The van der Waals surface area contributed by atoms with Crippen LogP contribution in [0.15, 0.2) is 29.4 Å². The van der Waals surface area contributed by atoms with Crippen LogP contribution in [0.4, 0.5) is 0 Å². The van der Waals surface area contributed by atoms with Gasteiger partial charge in [-0.2, -0.15) is 5.26 Å². The molecule has 0 amide bonds. The lowest BCUT2D eigenvalue weighted by Crippen LogP contribution is -2.17. The molecule has 0 radical (unpaired) electrons. The fourth-order valence-corrected chi connectivity index (χ4v) is 4.21. The third-order valence-corrected chi connectivity index (χ3v) is 5.85. The van der Waals surface area contributed by atoms with Crippen molar-refractivity contribution >= 4 is 11.8 Å². The molecule has 0 aliphatic carbocycles. The van der Waals surface area contributed by atoms with E-state index in [1.165, 1.54) is 16.8 Å². The molecule has 1 aromatic carbocycles. The predicted molar refractivity (Wildman–Crippen MR) is 101 cm³/mol. The van der Waals surface area contributed by atoms with E-state index < -0.39 is 0 Å². The summed E-state index contributed by atoms with van der Waals surface area (Å²) >= 11 is 1.57. The highest BCUT2D eigenvalue weighted by Gasteiger charge is 2.22. The van der Waals surface area contributed by atoms with E-state index in [2.05, 4.69) is 48.7 Å². The third kappa shape index (κ3) is 4.45. The van der Waals surface area contributed by atoms with Crippen LogP contribution in [0.1, 0.15) is 35.4 Å². The van der Waals surface area contributed by atoms with E-state index >= 15 is 0 Å². The van der Waals surface area contributed by atoms with Crippen molar-refractivity contribution in [2.24, 2.45) is 0 Å². The lowest BCUT2D eigenvalue weighted by atomic mass is 10.1.